The summed E-state index contributed by atoms with van der Waals surface area (Å²) < 4.78 is 69.4. The third-order valence-corrected chi connectivity index (χ3v) is 1.13. The largest absolute Gasteiger partial charge is 0.456 e. The average molecular weight is 206 g/mol. The fraction of sp³-hybridized carbons (Fsp3) is 1.00. The second-order valence-corrected chi connectivity index (χ2v) is 2.00. The molecular weight excluding hydrogens is 198 g/mol. The van der Waals surface area contributed by atoms with Crippen LogP contribution < -0.4 is 0 Å². The van der Waals surface area contributed by atoms with Crippen molar-refractivity contribution in [3.63, 3.8) is 0 Å². The fourth-order valence-corrected chi connectivity index (χ4v) is 0.434. The fourth-order valence-electron chi connectivity index (χ4n) is 0.434. The van der Waals surface area contributed by atoms with Crippen LogP contribution in [0, 0.1) is 0 Å². The van der Waals surface area contributed by atoms with Crippen LogP contribution in [0.25, 0.3) is 0 Å². The first-order valence-electron chi connectivity index (χ1n) is 2.82. The van der Waals surface area contributed by atoms with Crippen LogP contribution in [-0.2, 0) is 0 Å². The van der Waals surface area contributed by atoms with Crippen LogP contribution in [-0.4, -0.2) is 41.3 Å². The van der Waals surface area contributed by atoms with Gasteiger partial charge in [-0.2, -0.15) is 22.0 Å². The highest BCUT2D eigenvalue weighted by Crippen LogP contribution is 2.40. The Bertz CT molecular complexity index is 130. The summed E-state index contributed by atoms with van der Waals surface area (Å²) in [4.78, 5) is 0. The second-order valence-electron chi connectivity index (χ2n) is 2.00. The standard InChI is InChI=1S/C5H6F6.Mg.2H/c1-2-3(6)4(7,8)5(9,10)11;;;/h3H,2H2,1H3;;;. The lowest BCUT2D eigenvalue weighted by Gasteiger charge is -2.21. The number of hydrogen-bond donors (Lipinski definition) is 0. The van der Waals surface area contributed by atoms with Crippen LogP contribution in [0.1, 0.15) is 13.3 Å². The highest BCUT2D eigenvalue weighted by molar-refractivity contribution is 5.75. The summed E-state index contributed by atoms with van der Waals surface area (Å²) >= 11 is 0. The van der Waals surface area contributed by atoms with Gasteiger partial charge in [-0.05, 0) is 6.42 Å². The Morgan fingerprint density at radius 1 is 1.08 bits per heavy atom. The van der Waals surface area contributed by atoms with Crippen LogP contribution in [0.15, 0.2) is 0 Å². The normalized spacial score (nSPS) is 15.2. The van der Waals surface area contributed by atoms with Gasteiger partial charge < -0.3 is 0 Å². The summed E-state index contributed by atoms with van der Waals surface area (Å²) in [6, 6.07) is 0. The van der Waals surface area contributed by atoms with E-state index in [1.54, 1.807) is 0 Å². The molecule has 0 aromatic heterocycles. The molecule has 0 aromatic rings. The number of rotatable bonds is 2. The molecule has 0 aliphatic heterocycles. The summed E-state index contributed by atoms with van der Waals surface area (Å²) in [7, 11) is 0. The van der Waals surface area contributed by atoms with Crippen LogP contribution in [0.5, 0.6) is 0 Å². The summed E-state index contributed by atoms with van der Waals surface area (Å²) in [5.74, 6) is -5.22. The summed E-state index contributed by atoms with van der Waals surface area (Å²) in [6.45, 7) is 0.921. The quantitative estimate of drug-likeness (QED) is 0.479. The van der Waals surface area contributed by atoms with Crippen LogP contribution >= 0.6 is 0 Å². The minimum Gasteiger partial charge on any atom is -0.240 e. The predicted octanol–water partition coefficient (Wildman–Crippen LogP) is 2.02. The zero-order chi connectivity index (χ0) is 9.28. The van der Waals surface area contributed by atoms with E-state index in [0.29, 0.717) is 0 Å². The minimum atomic E-state index is -5.79. The van der Waals surface area contributed by atoms with Crippen molar-refractivity contribution in [3.8, 4) is 0 Å². The lowest BCUT2D eigenvalue weighted by molar-refractivity contribution is -0.303. The Balaban J connectivity index is 0. The monoisotopic (exact) mass is 206 g/mol. The molecule has 0 spiro atoms. The molecule has 1 unspecified atom stereocenters. The van der Waals surface area contributed by atoms with Crippen LogP contribution in [0.3, 0.4) is 0 Å². The molecule has 0 rings (SSSR count). The van der Waals surface area contributed by atoms with Crippen LogP contribution in [0.4, 0.5) is 26.3 Å². The molecule has 1 atom stereocenters. The van der Waals surface area contributed by atoms with Crippen molar-refractivity contribution in [2.24, 2.45) is 0 Å². The van der Waals surface area contributed by atoms with Gasteiger partial charge in [0.2, 0.25) is 0 Å². The maximum atomic E-state index is 11.9. The molecule has 0 aliphatic rings. The molecule has 0 saturated carbocycles. The molecule has 0 bridgehead atoms. The van der Waals surface area contributed by atoms with Gasteiger partial charge in [0.15, 0.2) is 6.17 Å². The van der Waals surface area contributed by atoms with Crippen molar-refractivity contribution >= 4 is 23.1 Å². The van der Waals surface area contributed by atoms with Gasteiger partial charge in [-0.3, -0.25) is 0 Å². The Morgan fingerprint density at radius 2 is 1.42 bits per heavy atom. The second kappa shape index (κ2) is 4.55. The first-order valence-corrected chi connectivity index (χ1v) is 2.82. The molecular formula is C5H8F6Mg. The molecule has 72 valence electrons. The Morgan fingerprint density at radius 3 is 1.50 bits per heavy atom. The highest BCUT2D eigenvalue weighted by Gasteiger charge is 2.62. The van der Waals surface area contributed by atoms with E-state index in [4.69, 9.17) is 0 Å². The van der Waals surface area contributed by atoms with Gasteiger partial charge in [0, 0.05) is 0 Å². The molecule has 0 saturated heterocycles. The number of alkyl halides is 6. The van der Waals surface area contributed by atoms with Gasteiger partial charge >= 0.3 is 35.2 Å². The van der Waals surface area contributed by atoms with Crippen molar-refractivity contribution in [2.45, 2.75) is 31.6 Å². The lowest BCUT2D eigenvalue weighted by atomic mass is 10.1. The van der Waals surface area contributed by atoms with Crippen molar-refractivity contribution < 1.29 is 26.3 Å². The Labute approximate surface area is 81.5 Å². The van der Waals surface area contributed by atoms with Crippen LogP contribution in [0.2, 0.25) is 0 Å². The van der Waals surface area contributed by atoms with E-state index in [2.05, 4.69) is 0 Å². The molecule has 0 radical (unpaired) electrons. The molecule has 0 nitrogen and oxygen atoms in total. The van der Waals surface area contributed by atoms with Gasteiger partial charge in [0.25, 0.3) is 0 Å². The van der Waals surface area contributed by atoms with Gasteiger partial charge in [-0.15, -0.1) is 0 Å². The SMILES string of the molecule is CCC(F)C(F)(F)C(F)(F)F.[MgH2]. The third-order valence-electron chi connectivity index (χ3n) is 1.13. The minimum absolute atomic E-state index is 0. The van der Waals surface area contributed by atoms with E-state index in [0.717, 1.165) is 6.92 Å². The van der Waals surface area contributed by atoms with Gasteiger partial charge in [-0.25, -0.2) is 4.39 Å². The Hall–Kier alpha value is 0.346. The van der Waals surface area contributed by atoms with E-state index in [1.807, 2.05) is 0 Å². The molecule has 0 aliphatic carbocycles. The average Bonchev–Trinajstić information content (AvgIpc) is 1.83. The van der Waals surface area contributed by atoms with Crippen molar-refractivity contribution in [3.05, 3.63) is 0 Å². The molecule has 12 heavy (non-hydrogen) atoms. The van der Waals surface area contributed by atoms with E-state index in [-0.39, 0.29) is 23.1 Å². The zero-order valence-electron chi connectivity index (χ0n) is 5.55. The van der Waals surface area contributed by atoms with E-state index in [1.165, 1.54) is 0 Å². The topological polar surface area (TPSA) is 0 Å². The summed E-state index contributed by atoms with van der Waals surface area (Å²) in [5, 5.41) is 0. The molecule has 0 heterocycles. The molecule has 0 N–H and O–H groups in total. The predicted molar refractivity (Wildman–Crippen MR) is 34.7 cm³/mol. The molecule has 0 aromatic carbocycles. The Kier molecular flexibility index (Phi) is 5.62. The summed E-state index contributed by atoms with van der Waals surface area (Å²) in [6.07, 6.45) is -9.79. The van der Waals surface area contributed by atoms with E-state index >= 15 is 0 Å². The first kappa shape index (κ1) is 14.8. The van der Waals surface area contributed by atoms with Crippen molar-refractivity contribution in [1.29, 1.82) is 0 Å². The number of halogens is 6. The van der Waals surface area contributed by atoms with Crippen molar-refractivity contribution in [1.82, 2.24) is 0 Å². The molecule has 0 amide bonds. The zero-order valence-corrected chi connectivity index (χ0v) is 5.55. The lowest BCUT2D eigenvalue weighted by Crippen LogP contribution is -2.44. The maximum Gasteiger partial charge on any atom is 0.456 e. The first-order chi connectivity index (χ1) is 4.73. The van der Waals surface area contributed by atoms with E-state index < -0.39 is 24.7 Å². The molecule has 0 fully saturated rings. The third kappa shape index (κ3) is 3.00. The van der Waals surface area contributed by atoms with E-state index in [9.17, 15) is 26.3 Å². The van der Waals surface area contributed by atoms with Crippen molar-refractivity contribution in [2.75, 3.05) is 0 Å². The number of hydrogen-bond acceptors (Lipinski definition) is 0. The van der Waals surface area contributed by atoms with Gasteiger partial charge in [0.05, 0.1) is 0 Å². The molecule has 7 heteroatoms. The van der Waals surface area contributed by atoms with Gasteiger partial charge in [-0.1, -0.05) is 6.92 Å². The highest BCUT2D eigenvalue weighted by atomic mass is 24.3. The smallest absolute Gasteiger partial charge is 0.240 e. The summed E-state index contributed by atoms with van der Waals surface area (Å²) in [5.41, 5.74) is 0. The van der Waals surface area contributed by atoms with Gasteiger partial charge in [0.1, 0.15) is 0 Å². The maximum absolute atomic E-state index is 11.9.